The maximum atomic E-state index is 8.70. The molecule has 0 saturated heterocycles. The number of nitrogen functional groups attached to an aromatic ring is 1. The highest BCUT2D eigenvalue weighted by atomic mass is 16.3. The largest absolute Gasteiger partial charge is 0.399 e. The lowest BCUT2D eigenvalue weighted by Crippen LogP contribution is -2.16. The lowest BCUT2D eigenvalue weighted by Gasteiger charge is -2.13. The lowest BCUT2D eigenvalue weighted by molar-refractivity contribution is 0.282. The third kappa shape index (κ3) is 3.34. The molecule has 4 N–H and O–H groups in total. The summed E-state index contributed by atoms with van der Waals surface area (Å²) in [5.74, 6) is 0. The van der Waals surface area contributed by atoms with E-state index in [-0.39, 0.29) is 12.6 Å². The van der Waals surface area contributed by atoms with Gasteiger partial charge in [0.05, 0.1) is 0 Å². The molecule has 0 saturated carbocycles. The Bertz CT molecular complexity index is 246. The van der Waals surface area contributed by atoms with E-state index in [2.05, 4.69) is 5.32 Å². The van der Waals surface area contributed by atoms with E-state index in [1.807, 2.05) is 31.2 Å². The topological polar surface area (TPSA) is 58.3 Å². The number of hydrogen-bond acceptors (Lipinski definition) is 3. The molecule has 0 bridgehead atoms. The predicted molar refractivity (Wildman–Crippen MR) is 55.6 cm³/mol. The zero-order valence-electron chi connectivity index (χ0n) is 7.83. The van der Waals surface area contributed by atoms with Crippen molar-refractivity contribution >= 4 is 11.4 Å². The van der Waals surface area contributed by atoms with Crippen molar-refractivity contribution in [3.8, 4) is 0 Å². The Hall–Kier alpha value is -1.22. The second-order valence-electron chi connectivity index (χ2n) is 3.18. The van der Waals surface area contributed by atoms with Gasteiger partial charge in [0, 0.05) is 24.0 Å². The van der Waals surface area contributed by atoms with Crippen molar-refractivity contribution in [2.24, 2.45) is 0 Å². The van der Waals surface area contributed by atoms with Gasteiger partial charge < -0.3 is 16.2 Å². The Labute approximate surface area is 78.6 Å². The van der Waals surface area contributed by atoms with Gasteiger partial charge in [0.2, 0.25) is 0 Å². The molecule has 3 nitrogen and oxygen atoms in total. The monoisotopic (exact) mass is 180 g/mol. The molecular weight excluding hydrogens is 164 g/mol. The standard InChI is InChI=1S/C10H16N2O/c1-8(6-7-13)12-10-4-2-9(11)3-5-10/h2-5,8,12-13H,6-7,11H2,1H3. The maximum Gasteiger partial charge on any atom is 0.0450 e. The molecule has 0 aromatic heterocycles. The van der Waals surface area contributed by atoms with Crippen LogP contribution in [0.4, 0.5) is 11.4 Å². The van der Waals surface area contributed by atoms with Crippen LogP contribution in [0.5, 0.6) is 0 Å². The molecule has 0 heterocycles. The summed E-state index contributed by atoms with van der Waals surface area (Å²) in [6.45, 7) is 2.25. The van der Waals surface area contributed by atoms with E-state index < -0.39 is 0 Å². The van der Waals surface area contributed by atoms with Crippen LogP contribution in [0.2, 0.25) is 0 Å². The second-order valence-corrected chi connectivity index (χ2v) is 3.18. The first-order chi connectivity index (χ1) is 6.22. The number of benzene rings is 1. The summed E-state index contributed by atoms with van der Waals surface area (Å²) in [5.41, 5.74) is 7.35. The first-order valence-corrected chi connectivity index (χ1v) is 4.45. The van der Waals surface area contributed by atoms with Crippen molar-refractivity contribution in [3.05, 3.63) is 24.3 Å². The van der Waals surface area contributed by atoms with Crippen LogP contribution in [-0.2, 0) is 0 Å². The van der Waals surface area contributed by atoms with Gasteiger partial charge in [0.15, 0.2) is 0 Å². The molecule has 0 fully saturated rings. The summed E-state index contributed by atoms with van der Waals surface area (Å²) < 4.78 is 0. The minimum absolute atomic E-state index is 0.211. The molecule has 1 aromatic rings. The van der Waals surface area contributed by atoms with E-state index >= 15 is 0 Å². The molecule has 0 aliphatic rings. The normalized spacial score (nSPS) is 12.5. The second kappa shape index (κ2) is 4.72. The number of nitrogens with one attached hydrogen (secondary N) is 1. The number of nitrogens with two attached hydrogens (primary N) is 1. The fraction of sp³-hybridized carbons (Fsp3) is 0.400. The SMILES string of the molecule is CC(CCO)Nc1ccc(N)cc1. The Morgan fingerprint density at radius 3 is 2.54 bits per heavy atom. The molecule has 0 aliphatic carbocycles. The van der Waals surface area contributed by atoms with Gasteiger partial charge in [-0.2, -0.15) is 0 Å². The van der Waals surface area contributed by atoms with Gasteiger partial charge in [-0.3, -0.25) is 0 Å². The van der Waals surface area contributed by atoms with Crippen molar-refractivity contribution in [2.45, 2.75) is 19.4 Å². The third-order valence-corrected chi connectivity index (χ3v) is 1.89. The first kappa shape index (κ1) is 9.86. The Morgan fingerprint density at radius 1 is 1.38 bits per heavy atom. The molecule has 72 valence electrons. The minimum Gasteiger partial charge on any atom is -0.399 e. The van der Waals surface area contributed by atoms with Crippen LogP contribution in [0.15, 0.2) is 24.3 Å². The summed E-state index contributed by atoms with van der Waals surface area (Å²) in [7, 11) is 0. The number of hydrogen-bond donors (Lipinski definition) is 3. The van der Waals surface area contributed by atoms with Crippen LogP contribution in [0, 0.1) is 0 Å². The van der Waals surface area contributed by atoms with Gasteiger partial charge in [-0.15, -0.1) is 0 Å². The van der Waals surface area contributed by atoms with E-state index in [1.165, 1.54) is 0 Å². The van der Waals surface area contributed by atoms with Crippen LogP contribution >= 0.6 is 0 Å². The zero-order valence-corrected chi connectivity index (χ0v) is 7.83. The molecule has 1 rings (SSSR count). The molecule has 0 amide bonds. The van der Waals surface area contributed by atoms with E-state index in [4.69, 9.17) is 10.8 Å². The van der Waals surface area contributed by atoms with Crippen molar-refractivity contribution in [3.63, 3.8) is 0 Å². The summed E-state index contributed by atoms with van der Waals surface area (Å²) in [6, 6.07) is 7.86. The quantitative estimate of drug-likeness (QED) is 0.615. The Kier molecular flexibility index (Phi) is 3.58. The fourth-order valence-corrected chi connectivity index (χ4v) is 1.13. The first-order valence-electron chi connectivity index (χ1n) is 4.45. The molecule has 3 heteroatoms. The number of rotatable bonds is 4. The fourth-order valence-electron chi connectivity index (χ4n) is 1.13. The molecule has 0 spiro atoms. The molecule has 0 aliphatic heterocycles. The molecule has 1 atom stereocenters. The summed E-state index contributed by atoms with van der Waals surface area (Å²) >= 11 is 0. The third-order valence-electron chi connectivity index (χ3n) is 1.89. The van der Waals surface area contributed by atoms with Crippen molar-refractivity contribution in [1.82, 2.24) is 0 Å². The van der Waals surface area contributed by atoms with Gasteiger partial charge >= 0.3 is 0 Å². The van der Waals surface area contributed by atoms with Gasteiger partial charge in [-0.25, -0.2) is 0 Å². The highest BCUT2D eigenvalue weighted by Crippen LogP contribution is 2.12. The van der Waals surface area contributed by atoms with Gasteiger partial charge in [0.1, 0.15) is 0 Å². The highest BCUT2D eigenvalue weighted by molar-refractivity contribution is 5.51. The molecule has 1 aromatic carbocycles. The summed E-state index contributed by atoms with van der Waals surface area (Å²) in [6.07, 6.45) is 0.754. The number of aliphatic hydroxyl groups is 1. The van der Waals surface area contributed by atoms with Crippen LogP contribution in [0.3, 0.4) is 0 Å². The van der Waals surface area contributed by atoms with Crippen molar-refractivity contribution in [2.75, 3.05) is 17.7 Å². The highest BCUT2D eigenvalue weighted by Gasteiger charge is 1.99. The molecule has 1 unspecified atom stereocenters. The van der Waals surface area contributed by atoms with Gasteiger partial charge in [-0.1, -0.05) is 0 Å². The van der Waals surface area contributed by atoms with Crippen molar-refractivity contribution in [1.29, 1.82) is 0 Å². The molecule has 13 heavy (non-hydrogen) atoms. The smallest absolute Gasteiger partial charge is 0.0450 e. The minimum atomic E-state index is 0.211. The van der Waals surface area contributed by atoms with E-state index in [0.29, 0.717) is 0 Å². The van der Waals surface area contributed by atoms with Crippen molar-refractivity contribution < 1.29 is 5.11 Å². The summed E-state index contributed by atoms with van der Waals surface area (Å²) in [4.78, 5) is 0. The Morgan fingerprint density at radius 2 is 2.00 bits per heavy atom. The van der Waals surface area contributed by atoms with Crippen LogP contribution in [0.25, 0.3) is 0 Å². The van der Waals surface area contributed by atoms with E-state index in [1.54, 1.807) is 0 Å². The van der Waals surface area contributed by atoms with Crippen LogP contribution < -0.4 is 11.1 Å². The van der Waals surface area contributed by atoms with Gasteiger partial charge in [0.25, 0.3) is 0 Å². The zero-order chi connectivity index (χ0) is 9.68. The van der Waals surface area contributed by atoms with Gasteiger partial charge in [-0.05, 0) is 37.6 Å². The number of anilines is 2. The predicted octanol–water partition coefficient (Wildman–Crippen LogP) is 1.45. The van der Waals surface area contributed by atoms with E-state index in [9.17, 15) is 0 Å². The average molecular weight is 180 g/mol. The summed E-state index contributed by atoms with van der Waals surface area (Å²) in [5, 5.41) is 12.0. The number of aliphatic hydroxyl groups excluding tert-OH is 1. The molecular formula is C10H16N2O. The average Bonchev–Trinajstić information content (AvgIpc) is 2.09. The Balaban J connectivity index is 2.49. The van der Waals surface area contributed by atoms with Crippen LogP contribution in [-0.4, -0.2) is 17.8 Å². The lowest BCUT2D eigenvalue weighted by atomic mass is 10.2. The molecule has 0 radical (unpaired) electrons. The van der Waals surface area contributed by atoms with Crippen LogP contribution in [0.1, 0.15) is 13.3 Å². The van der Waals surface area contributed by atoms with E-state index in [0.717, 1.165) is 17.8 Å². The maximum absolute atomic E-state index is 8.70.